The molecule has 27 heavy (non-hydrogen) atoms. The van der Waals surface area contributed by atoms with Gasteiger partial charge in [0.05, 0.1) is 6.04 Å². The molecule has 1 aliphatic carbocycles. The Bertz CT molecular complexity index is 681. The molecule has 1 amide bonds. The molecule has 0 saturated carbocycles. The number of benzene rings is 1. The quantitative estimate of drug-likeness (QED) is 0.718. The van der Waals surface area contributed by atoms with Gasteiger partial charge in [-0.2, -0.15) is 0 Å². The van der Waals surface area contributed by atoms with Crippen LogP contribution in [0.1, 0.15) is 77.0 Å². The highest BCUT2D eigenvalue weighted by atomic mass is 16.1. The smallest absolute Gasteiger partial charge is 0.217 e. The molecule has 0 radical (unpaired) electrons. The number of rotatable bonds is 6. The van der Waals surface area contributed by atoms with Gasteiger partial charge in [-0.05, 0) is 76.1 Å². The number of hydrogen-bond donors (Lipinski definition) is 1. The number of carbonyl (C=O) groups excluding carboxylic acids is 1. The van der Waals surface area contributed by atoms with Crippen LogP contribution in [-0.4, -0.2) is 30.4 Å². The predicted octanol–water partition coefficient (Wildman–Crippen LogP) is 4.98. The maximum atomic E-state index is 11.7. The molecule has 1 fully saturated rings. The molecule has 1 spiro atoms. The topological polar surface area (TPSA) is 32.3 Å². The van der Waals surface area contributed by atoms with Crippen molar-refractivity contribution >= 4 is 5.91 Å². The summed E-state index contributed by atoms with van der Waals surface area (Å²) in [5.74, 6) is 0.826. The van der Waals surface area contributed by atoms with Crippen molar-refractivity contribution < 1.29 is 4.79 Å². The minimum Gasteiger partial charge on any atom is -0.349 e. The first-order valence-corrected chi connectivity index (χ1v) is 10.6. The highest BCUT2D eigenvalue weighted by Gasteiger charge is 2.45. The number of carbonyl (C=O) groups is 1. The summed E-state index contributed by atoms with van der Waals surface area (Å²) in [6.45, 7) is 11.9. The van der Waals surface area contributed by atoms with E-state index in [4.69, 9.17) is 0 Å². The highest BCUT2D eigenvalue weighted by Crippen LogP contribution is 2.50. The van der Waals surface area contributed by atoms with E-state index in [0.29, 0.717) is 0 Å². The zero-order valence-electron chi connectivity index (χ0n) is 17.6. The van der Waals surface area contributed by atoms with E-state index in [1.807, 2.05) is 0 Å². The van der Waals surface area contributed by atoms with Gasteiger partial charge in [0.1, 0.15) is 0 Å². The Morgan fingerprint density at radius 3 is 2.63 bits per heavy atom. The molecule has 1 unspecified atom stereocenters. The molecule has 1 N–H and O–H groups in total. The van der Waals surface area contributed by atoms with Crippen LogP contribution in [0.3, 0.4) is 0 Å². The Morgan fingerprint density at radius 1 is 1.26 bits per heavy atom. The standard InChI is InChI=1S/C24H36N2O/c1-18(2)8-7-9-19(3)17-26-14-12-24(13-15-26)16-23(25-20(4)27)21-10-5-6-11-22(21)24/h5-6,8,10-11,19,23H,7,9,12-17H2,1-4H3,(H,25,27)/t19?,23-/m0/s1. The van der Waals surface area contributed by atoms with Crippen molar-refractivity contribution in [3.8, 4) is 0 Å². The average molecular weight is 369 g/mol. The third kappa shape index (κ3) is 4.82. The molecule has 1 aromatic carbocycles. The SMILES string of the molecule is CC(=O)N[C@H]1CC2(CCN(CC(C)CCC=C(C)C)CC2)c2ccccc21. The molecule has 1 aliphatic heterocycles. The number of allylic oxidation sites excluding steroid dienone is 2. The van der Waals surface area contributed by atoms with Crippen LogP contribution in [0, 0.1) is 5.92 Å². The molecule has 2 aliphatic rings. The van der Waals surface area contributed by atoms with Crippen molar-refractivity contribution in [1.29, 1.82) is 0 Å². The summed E-state index contributed by atoms with van der Waals surface area (Å²) >= 11 is 0. The number of nitrogens with one attached hydrogen (secondary N) is 1. The fraction of sp³-hybridized carbons (Fsp3) is 0.625. The lowest BCUT2D eigenvalue weighted by Crippen LogP contribution is -2.43. The van der Waals surface area contributed by atoms with E-state index in [9.17, 15) is 4.79 Å². The zero-order chi connectivity index (χ0) is 19.4. The summed E-state index contributed by atoms with van der Waals surface area (Å²) in [6, 6.07) is 8.97. The largest absolute Gasteiger partial charge is 0.349 e. The molecule has 1 heterocycles. The van der Waals surface area contributed by atoms with Crippen LogP contribution >= 0.6 is 0 Å². The van der Waals surface area contributed by atoms with E-state index in [0.717, 1.165) is 12.3 Å². The number of likely N-dealkylation sites (tertiary alicyclic amines) is 1. The normalized spacial score (nSPS) is 22.3. The van der Waals surface area contributed by atoms with Gasteiger partial charge in [0.25, 0.3) is 0 Å². The average Bonchev–Trinajstić information content (AvgIpc) is 2.90. The number of nitrogens with zero attached hydrogens (tertiary/aromatic N) is 1. The fourth-order valence-electron chi connectivity index (χ4n) is 5.09. The van der Waals surface area contributed by atoms with Gasteiger partial charge in [0.15, 0.2) is 0 Å². The van der Waals surface area contributed by atoms with Gasteiger partial charge in [0, 0.05) is 18.9 Å². The van der Waals surface area contributed by atoms with Crippen molar-refractivity contribution in [2.45, 2.75) is 71.3 Å². The second kappa shape index (κ2) is 8.60. The third-order valence-electron chi connectivity index (χ3n) is 6.48. The van der Waals surface area contributed by atoms with E-state index >= 15 is 0 Å². The Kier molecular flexibility index (Phi) is 6.41. The van der Waals surface area contributed by atoms with Crippen molar-refractivity contribution in [3.05, 3.63) is 47.0 Å². The van der Waals surface area contributed by atoms with Gasteiger partial charge in [0.2, 0.25) is 5.91 Å². The van der Waals surface area contributed by atoms with Crippen LogP contribution < -0.4 is 5.32 Å². The van der Waals surface area contributed by atoms with E-state index < -0.39 is 0 Å². The monoisotopic (exact) mass is 368 g/mol. The first-order chi connectivity index (χ1) is 12.9. The predicted molar refractivity (Wildman–Crippen MR) is 113 cm³/mol. The minimum absolute atomic E-state index is 0.0782. The molecule has 0 aromatic heterocycles. The van der Waals surface area contributed by atoms with Gasteiger partial charge >= 0.3 is 0 Å². The van der Waals surface area contributed by atoms with E-state index in [1.165, 1.54) is 62.0 Å². The van der Waals surface area contributed by atoms with Crippen molar-refractivity contribution in [2.24, 2.45) is 5.92 Å². The zero-order valence-corrected chi connectivity index (χ0v) is 17.6. The highest BCUT2D eigenvalue weighted by molar-refractivity contribution is 5.73. The number of piperidine rings is 1. The summed E-state index contributed by atoms with van der Waals surface area (Å²) in [6.07, 6.45) is 8.32. The summed E-state index contributed by atoms with van der Waals surface area (Å²) in [5.41, 5.74) is 4.51. The second-order valence-electron chi connectivity index (χ2n) is 9.09. The molecule has 1 saturated heterocycles. The van der Waals surface area contributed by atoms with Crippen LogP contribution in [0.4, 0.5) is 0 Å². The Balaban J connectivity index is 1.59. The molecule has 3 nitrogen and oxygen atoms in total. The third-order valence-corrected chi connectivity index (χ3v) is 6.48. The maximum absolute atomic E-state index is 11.7. The summed E-state index contributed by atoms with van der Waals surface area (Å²) < 4.78 is 0. The van der Waals surface area contributed by atoms with Crippen LogP contribution in [0.15, 0.2) is 35.9 Å². The van der Waals surface area contributed by atoms with Crippen molar-refractivity contribution in [3.63, 3.8) is 0 Å². The summed E-state index contributed by atoms with van der Waals surface area (Å²) in [5, 5.41) is 3.19. The Morgan fingerprint density at radius 2 is 1.96 bits per heavy atom. The second-order valence-corrected chi connectivity index (χ2v) is 9.09. The molecule has 1 aromatic rings. The number of fused-ring (bicyclic) bond motifs is 2. The lowest BCUT2D eigenvalue weighted by molar-refractivity contribution is -0.119. The minimum atomic E-state index is 0.0782. The molecule has 148 valence electrons. The fourth-order valence-corrected chi connectivity index (χ4v) is 5.09. The first kappa shape index (κ1) is 20.1. The van der Waals surface area contributed by atoms with Gasteiger partial charge in [-0.15, -0.1) is 0 Å². The first-order valence-electron chi connectivity index (χ1n) is 10.6. The molecule has 0 bridgehead atoms. The van der Waals surface area contributed by atoms with E-state index in [-0.39, 0.29) is 17.4 Å². The van der Waals surface area contributed by atoms with Crippen LogP contribution in [0.25, 0.3) is 0 Å². The number of hydrogen-bond acceptors (Lipinski definition) is 2. The van der Waals surface area contributed by atoms with Crippen molar-refractivity contribution in [2.75, 3.05) is 19.6 Å². The maximum Gasteiger partial charge on any atom is 0.217 e. The summed E-state index contributed by atoms with van der Waals surface area (Å²) in [4.78, 5) is 14.3. The molecular formula is C24H36N2O. The molecule has 3 heteroatoms. The summed E-state index contributed by atoms with van der Waals surface area (Å²) in [7, 11) is 0. The lowest BCUT2D eigenvalue weighted by Gasteiger charge is -2.41. The van der Waals surface area contributed by atoms with Crippen LogP contribution in [-0.2, 0) is 10.2 Å². The van der Waals surface area contributed by atoms with Crippen LogP contribution in [0.2, 0.25) is 0 Å². The Labute approximate surface area is 165 Å². The molecular weight excluding hydrogens is 332 g/mol. The van der Waals surface area contributed by atoms with E-state index in [2.05, 4.69) is 61.3 Å². The van der Waals surface area contributed by atoms with E-state index in [1.54, 1.807) is 6.92 Å². The van der Waals surface area contributed by atoms with Crippen molar-refractivity contribution in [1.82, 2.24) is 10.2 Å². The Hall–Kier alpha value is -1.61. The molecule has 2 atom stereocenters. The lowest BCUT2D eigenvalue weighted by atomic mass is 9.73. The van der Waals surface area contributed by atoms with Gasteiger partial charge in [-0.1, -0.05) is 42.8 Å². The molecule has 3 rings (SSSR count). The van der Waals surface area contributed by atoms with Gasteiger partial charge < -0.3 is 10.2 Å². The number of amides is 1. The van der Waals surface area contributed by atoms with Gasteiger partial charge in [-0.3, -0.25) is 4.79 Å². The van der Waals surface area contributed by atoms with Crippen LogP contribution in [0.5, 0.6) is 0 Å². The van der Waals surface area contributed by atoms with Gasteiger partial charge in [-0.25, -0.2) is 0 Å².